The van der Waals surface area contributed by atoms with Crippen molar-refractivity contribution in [3.8, 4) is 0 Å². The average Bonchev–Trinajstić information content (AvgIpc) is 3.29. The minimum absolute atomic E-state index is 0.0104. The summed E-state index contributed by atoms with van der Waals surface area (Å²) in [5.41, 5.74) is 0. The first-order chi connectivity index (χ1) is 17.6. The van der Waals surface area contributed by atoms with Crippen LogP contribution in [0.2, 0.25) is 0 Å². The van der Waals surface area contributed by atoms with E-state index in [9.17, 15) is 4.79 Å². The zero-order valence-corrected chi connectivity index (χ0v) is 25.4. The Hall–Kier alpha value is 0.0500. The van der Waals surface area contributed by atoms with E-state index in [1.165, 1.54) is 95.6 Å². The first kappa shape index (κ1) is 34.1. The van der Waals surface area contributed by atoms with Crippen molar-refractivity contribution in [1.29, 1.82) is 0 Å². The van der Waals surface area contributed by atoms with Gasteiger partial charge in [-0.3, -0.25) is 4.79 Å². The van der Waals surface area contributed by atoms with Gasteiger partial charge in [-0.25, -0.2) is 0 Å². The molecule has 0 aromatic heterocycles. The van der Waals surface area contributed by atoms with Gasteiger partial charge in [-0.2, -0.15) is 0 Å². The standard InChI is InChI=1S/C29H57NO4S2/c1-4-5-6-7-8-9-10-11-12-13-14-15-16-17-22-35-36-23-19-29(31)30-20-18-21-33-27-24-32-25-28(27)34-26(2)3/h26-28H,4-25H2,1-3H3,(H,30,31). The first-order valence-corrected chi connectivity index (χ1v) is 17.5. The molecule has 214 valence electrons. The lowest BCUT2D eigenvalue weighted by molar-refractivity contribution is -0.120. The van der Waals surface area contributed by atoms with Crippen LogP contribution in [0.3, 0.4) is 0 Å². The largest absolute Gasteiger partial charge is 0.376 e. The van der Waals surface area contributed by atoms with E-state index < -0.39 is 0 Å². The van der Waals surface area contributed by atoms with Crippen molar-refractivity contribution in [3.05, 3.63) is 0 Å². The highest BCUT2D eigenvalue weighted by Crippen LogP contribution is 2.24. The van der Waals surface area contributed by atoms with E-state index in [-0.39, 0.29) is 24.2 Å². The summed E-state index contributed by atoms with van der Waals surface area (Å²) < 4.78 is 17.2. The molecule has 0 radical (unpaired) electrons. The second-order valence-corrected chi connectivity index (χ2v) is 13.1. The van der Waals surface area contributed by atoms with Gasteiger partial charge in [0.15, 0.2) is 0 Å². The van der Waals surface area contributed by atoms with Crippen LogP contribution < -0.4 is 5.32 Å². The van der Waals surface area contributed by atoms with E-state index in [0.717, 1.165) is 12.2 Å². The molecule has 1 heterocycles. The molecule has 1 aliphatic heterocycles. The van der Waals surface area contributed by atoms with Crippen LogP contribution in [-0.4, -0.2) is 62.1 Å². The van der Waals surface area contributed by atoms with Gasteiger partial charge in [-0.05, 0) is 26.7 Å². The number of carbonyl (C=O) groups excluding carboxylic acids is 1. The van der Waals surface area contributed by atoms with E-state index >= 15 is 0 Å². The number of rotatable bonds is 26. The fourth-order valence-corrected chi connectivity index (χ4v) is 6.51. The van der Waals surface area contributed by atoms with Gasteiger partial charge in [-0.15, -0.1) is 0 Å². The average molecular weight is 548 g/mol. The lowest BCUT2D eigenvalue weighted by atomic mass is 10.0. The van der Waals surface area contributed by atoms with E-state index in [2.05, 4.69) is 12.2 Å². The highest BCUT2D eigenvalue weighted by atomic mass is 33.1. The number of hydrogen-bond donors (Lipinski definition) is 1. The van der Waals surface area contributed by atoms with Crippen molar-refractivity contribution in [2.45, 2.75) is 142 Å². The second-order valence-electron chi connectivity index (χ2n) is 10.4. The molecule has 0 saturated carbocycles. The highest BCUT2D eigenvalue weighted by molar-refractivity contribution is 8.76. The zero-order valence-electron chi connectivity index (χ0n) is 23.7. The Morgan fingerprint density at radius 3 is 1.97 bits per heavy atom. The monoisotopic (exact) mass is 547 g/mol. The summed E-state index contributed by atoms with van der Waals surface area (Å²) in [6.07, 6.45) is 21.3. The second kappa shape index (κ2) is 25.3. The molecule has 0 spiro atoms. The lowest BCUT2D eigenvalue weighted by Crippen LogP contribution is -2.33. The Morgan fingerprint density at radius 2 is 1.36 bits per heavy atom. The minimum atomic E-state index is 0.0104. The zero-order chi connectivity index (χ0) is 26.1. The maximum atomic E-state index is 12.0. The summed E-state index contributed by atoms with van der Waals surface area (Å²) in [5.74, 6) is 2.23. The first-order valence-electron chi connectivity index (χ1n) is 15.0. The summed E-state index contributed by atoms with van der Waals surface area (Å²) in [6.45, 7) is 8.83. The van der Waals surface area contributed by atoms with Crippen molar-refractivity contribution in [2.75, 3.05) is 37.9 Å². The summed E-state index contributed by atoms with van der Waals surface area (Å²) in [6, 6.07) is 0. The van der Waals surface area contributed by atoms with Gasteiger partial charge < -0.3 is 19.5 Å². The Kier molecular flexibility index (Phi) is 24.0. The molecule has 7 heteroatoms. The van der Waals surface area contributed by atoms with E-state index in [1.807, 2.05) is 35.4 Å². The number of amides is 1. The van der Waals surface area contributed by atoms with Crippen molar-refractivity contribution in [2.24, 2.45) is 0 Å². The molecule has 36 heavy (non-hydrogen) atoms. The van der Waals surface area contributed by atoms with Crippen LogP contribution in [0.25, 0.3) is 0 Å². The molecule has 0 aromatic carbocycles. The number of carbonyl (C=O) groups is 1. The van der Waals surface area contributed by atoms with Gasteiger partial charge in [0.2, 0.25) is 5.91 Å². The van der Waals surface area contributed by atoms with Gasteiger partial charge in [0.05, 0.1) is 19.3 Å². The quantitative estimate of drug-likeness (QED) is 0.0876. The SMILES string of the molecule is CCCCCCCCCCCCCCCCSSCCC(=O)NCCCOC1COCC1OC(C)C. The molecule has 0 aromatic rings. The Bertz CT molecular complexity index is 496. The summed E-state index contributed by atoms with van der Waals surface area (Å²) in [5, 5.41) is 3.00. The van der Waals surface area contributed by atoms with Gasteiger partial charge >= 0.3 is 0 Å². The molecule has 5 nitrogen and oxygen atoms in total. The third-order valence-electron chi connectivity index (χ3n) is 6.48. The Labute approximate surface area is 231 Å². The maximum Gasteiger partial charge on any atom is 0.220 e. The van der Waals surface area contributed by atoms with Crippen LogP contribution in [0.4, 0.5) is 0 Å². The van der Waals surface area contributed by atoms with Crippen LogP contribution in [0, 0.1) is 0 Å². The smallest absolute Gasteiger partial charge is 0.220 e. The van der Waals surface area contributed by atoms with Gasteiger partial charge in [-0.1, -0.05) is 112 Å². The third-order valence-corrected chi connectivity index (χ3v) is 8.97. The lowest BCUT2D eigenvalue weighted by Gasteiger charge is -2.21. The molecule has 2 atom stereocenters. The molecule has 1 aliphatic rings. The van der Waals surface area contributed by atoms with Crippen molar-refractivity contribution >= 4 is 27.5 Å². The summed E-state index contributed by atoms with van der Waals surface area (Å²) in [7, 11) is 3.76. The Morgan fingerprint density at radius 1 is 0.806 bits per heavy atom. The van der Waals surface area contributed by atoms with Gasteiger partial charge in [0.25, 0.3) is 0 Å². The van der Waals surface area contributed by atoms with Gasteiger partial charge in [0.1, 0.15) is 12.2 Å². The predicted octanol–water partition coefficient (Wildman–Crippen LogP) is 7.95. The van der Waals surface area contributed by atoms with Crippen molar-refractivity contribution < 1.29 is 19.0 Å². The maximum absolute atomic E-state index is 12.0. The molecule has 1 fully saturated rings. The topological polar surface area (TPSA) is 56.8 Å². The van der Waals surface area contributed by atoms with Crippen LogP contribution in [0.15, 0.2) is 0 Å². The molecule has 1 amide bonds. The number of hydrogen-bond acceptors (Lipinski definition) is 6. The van der Waals surface area contributed by atoms with Crippen LogP contribution in [0.1, 0.15) is 124 Å². The molecular formula is C29H57NO4S2. The molecule has 1 N–H and O–H groups in total. The fraction of sp³-hybridized carbons (Fsp3) is 0.966. The van der Waals surface area contributed by atoms with Gasteiger partial charge in [0, 0.05) is 31.1 Å². The van der Waals surface area contributed by atoms with Crippen molar-refractivity contribution in [3.63, 3.8) is 0 Å². The van der Waals surface area contributed by atoms with E-state index in [1.54, 1.807) is 0 Å². The van der Waals surface area contributed by atoms with E-state index in [0.29, 0.717) is 32.8 Å². The fourth-order valence-electron chi connectivity index (χ4n) is 4.38. The molecular weight excluding hydrogens is 490 g/mol. The molecule has 2 unspecified atom stereocenters. The number of nitrogens with one attached hydrogen (secondary N) is 1. The molecule has 0 bridgehead atoms. The van der Waals surface area contributed by atoms with E-state index in [4.69, 9.17) is 14.2 Å². The Balaban J connectivity index is 1.76. The number of unbranched alkanes of at least 4 members (excludes halogenated alkanes) is 13. The summed E-state index contributed by atoms with van der Waals surface area (Å²) in [4.78, 5) is 12.0. The van der Waals surface area contributed by atoms with Crippen LogP contribution in [-0.2, 0) is 19.0 Å². The van der Waals surface area contributed by atoms with Crippen LogP contribution in [0.5, 0.6) is 0 Å². The molecule has 1 rings (SSSR count). The normalized spacial score (nSPS) is 17.8. The number of ether oxygens (including phenoxy) is 3. The van der Waals surface area contributed by atoms with Crippen LogP contribution >= 0.6 is 21.6 Å². The summed E-state index contributed by atoms with van der Waals surface area (Å²) >= 11 is 0. The molecule has 0 aliphatic carbocycles. The predicted molar refractivity (Wildman–Crippen MR) is 158 cm³/mol. The minimum Gasteiger partial charge on any atom is -0.376 e. The highest BCUT2D eigenvalue weighted by Gasteiger charge is 2.30. The van der Waals surface area contributed by atoms with Crippen molar-refractivity contribution in [1.82, 2.24) is 5.32 Å². The molecule has 1 saturated heterocycles. The third kappa shape index (κ3) is 21.0.